The molecule has 1 heteroatoms. The van der Waals surface area contributed by atoms with Crippen molar-refractivity contribution < 1.29 is 0 Å². The summed E-state index contributed by atoms with van der Waals surface area (Å²) in [7, 11) is 0. The van der Waals surface area contributed by atoms with Crippen molar-refractivity contribution in [3.63, 3.8) is 0 Å². The molecule has 0 aromatic carbocycles. The highest BCUT2D eigenvalue weighted by Gasteiger charge is 2.46. The number of hydrogen-bond acceptors (Lipinski definition) is 1. The molecule has 0 bridgehead atoms. The van der Waals surface area contributed by atoms with Crippen molar-refractivity contribution in [3.05, 3.63) is 0 Å². The van der Waals surface area contributed by atoms with Gasteiger partial charge in [-0.2, -0.15) is 0 Å². The van der Waals surface area contributed by atoms with Gasteiger partial charge >= 0.3 is 0 Å². The molecule has 0 N–H and O–H groups in total. The molecule has 1 spiro atoms. The second-order valence-corrected chi connectivity index (χ2v) is 4.97. The molecule has 1 saturated carbocycles. The van der Waals surface area contributed by atoms with Crippen LogP contribution in [0.3, 0.4) is 0 Å². The molecule has 1 aliphatic heterocycles. The van der Waals surface area contributed by atoms with Crippen LogP contribution in [-0.4, -0.2) is 24.5 Å². The normalized spacial score (nSPS) is 24.8. The smallest absolute Gasteiger partial charge is 0.0602 e. The van der Waals surface area contributed by atoms with Gasteiger partial charge in [-0.1, -0.05) is 32.1 Å². The lowest BCUT2D eigenvalue weighted by Crippen LogP contribution is -2.59. The molecular weight excluding hydrogens is 158 g/mol. The van der Waals surface area contributed by atoms with Gasteiger partial charge in [0.2, 0.25) is 0 Å². The predicted molar refractivity (Wildman–Crippen MR) is 55.3 cm³/mol. The first-order chi connectivity index (χ1) is 6.20. The Morgan fingerprint density at radius 3 is 2.46 bits per heavy atom. The highest BCUT2D eigenvalue weighted by Crippen LogP contribution is 2.47. The third kappa shape index (κ3) is 1.89. The molecule has 2 rings (SSSR count). The molecule has 1 aliphatic carbocycles. The van der Waals surface area contributed by atoms with E-state index in [-0.39, 0.29) is 0 Å². The average molecular weight is 177 g/mol. The van der Waals surface area contributed by atoms with E-state index in [2.05, 4.69) is 30.6 Å². The topological polar surface area (TPSA) is 3.24 Å². The molecule has 0 aromatic heterocycles. The van der Waals surface area contributed by atoms with Crippen molar-refractivity contribution in [2.75, 3.05) is 19.6 Å². The van der Waals surface area contributed by atoms with E-state index in [9.17, 15) is 0 Å². The van der Waals surface area contributed by atoms with Crippen LogP contribution in [0.2, 0.25) is 0 Å². The first kappa shape index (κ1) is 9.09. The summed E-state index contributed by atoms with van der Waals surface area (Å²) in [5.74, 6) is 6.99. The van der Waals surface area contributed by atoms with Crippen molar-refractivity contribution in [1.82, 2.24) is 4.90 Å². The van der Waals surface area contributed by atoms with Gasteiger partial charge in [-0.15, -0.1) is 0 Å². The second-order valence-electron chi connectivity index (χ2n) is 4.97. The van der Waals surface area contributed by atoms with Crippen molar-refractivity contribution >= 4 is 0 Å². The molecule has 1 nitrogen and oxygen atoms in total. The summed E-state index contributed by atoms with van der Waals surface area (Å²) in [4.78, 5) is 2.48. The summed E-state index contributed by atoms with van der Waals surface area (Å²) < 4.78 is 0. The maximum atomic E-state index is 3.25. The summed E-state index contributed by atoms with van der Waals surface area (Å²) in [6, 6.07) is 0. The molecule has 0 atom stereocenters. The molecule has 2 fully saturated rings. The van der Waals surface area contributed by atoms with E-state index in [1.807, 2.05) is 0 Å². The van der Waals surface area contributed by atoms with E-state index in [1.165, 1.54) is 32.4 Å². The first-order valence-electron chi connectivity index (χ1n) is 5.41. The van der Waals surface area contributed by atoms with Gasteiger partial charge in [0.05, 0.1) is 6.54 Å². The second kappa shape index (κ2) is 3.35. The van der Waals surface area contributed by atoms with Crippen LogP contribution in [-0.2, 0) is 0 Å². The lowest BCUT2D eigenvalue weighted by atomic mass is 9.63. The molecule has 72 valence electrons. The van der Waals surface area contributed by atoms with Gasteiger partial charge < -0.3 is 0 Å². The first-order valence-corrected chi connectivity index (χ1v) is 5.41. The fourth-order valence-electron chi connectivity index (χ4n) is 2.37. The third-order valence-corrected chi connectivity index (χ3v) is 3.23. The van der Waals surface area contributed by atoms with Gasteiger partial charge in [-0.3, -0.25) is 4.90 Å². The maximum Gasteiger partial charge on any atom is 0.0602 e. The van der Waals surface area contributed by atoms with Gasteiger partial charge in [0, 0.05) is 19.0 Å². The van der Waals surface area contributed by atoms with Gasteiger partial charge in [0.25, 0.3) is 0 Å². The summed E-state index contributed by atoms with van der Waals surface area (Å²) >= 11 is 0. The zero-order chi connectivity index (χ0) is 9.31. The van der Waals surface area contributed by atoms with Crippen molar-refractivity contribution in [1.29, 1.82) is 0 Å². The molecule has 2 aliphatic rings. The van der Waals surface area contributed by atoms with Gasteiger partial charge in [-0.25, -0.2) is 0 Å². The SMILES string of the molecule is CC(C)C#CCN1CC2(CCC2)C1. The Morgan fingerprint density at radius 1 is 1.31 bits per heavy atom. The van der Waals surface area contributed by atoms with E-state index in [0.29, 0.717) is 5.92 Å². The van der Waals surface area contributed by atoms with Crippen LogP contribution in [0.15, 0.2) is 0 Å². The number of hydrogen-bond donors (Lipinski definition) is 0. The molecule has 1 saturated heterocycles. The van der Waals surface area contributed by atoms with E-state index in [1.54, 1.807) is 0 Å². The minimum atomic E-state index is 0.527. The van der Waals surface area contributed by atoms with Crippen LogP contribution in [0, 0.1) is 23.2 Å². The largest absolute Gasteiger partial charge is 0.291 e. The molecule has 0 aromatic rings. The van der Waals surface area contributed by atoms with Crippen LogP contribution >= 0.6 is 0 Å². The highest BCUT2D eigenvalue weighted by atomic mass is 15.2. The number of rotatable bonds is 1. The maximum absolute atomic E-state index is 3.25. The minimum Gasteiger partial charge on any atom is -0.291 e. The Hall–Kier alpha value is -0.480. The lowest BCUT2D eigenvalue weighted by Gasteiger charge is -2.55. The van der Waals surface area contributed by atoms with Gasteiger partial charge in [-0.05, 0) is 18.3 Å². The Morgan fingerprint density at radius 2 is 2.00 bits per heavy atom. The summed E-state index contributed by atoms with van der Waals surface area (Å²) in [5, 5.41) is 0. The summed E-state index contributed by atoms with van der Waals surface area (Å²) in [5.41, 5.74) is 0.763. The zero-order valence-electron chi connectivity index (χ0n) is 8.77. The van der Waals surface area contributed by atoms with E-state index in [0.717, 1.165) is 12.0 Å². The summed E-state index contributed by atoms with van der Waals surface area (Å²) in [6.07, 6.45) is 4.41. The zero-order valence-corrected chi connectivity index (χ0v) is 8.77. The summed E-state index contributed by atoms with van der Waals surface area (Å²) in [6.45, 7) is 7.94. The van der Waals surface area contributed by atoms with Crippen molar-refractivity contribution in [3.8, 4) is 11.8 Å². The Balaban J connectivity index is 1.67. The van der Waals surface area contributed by atoms with Crippen molar-refractivity contribution in [2.24, 2.45) is 11.3 Å². The van der Waals surface area contributed by atoms with Gasteiger partial charge in [0.15, 0.2) is 0 Å². The Bertz CT molecular complexity index is 232. The Kier molecular flexibility index (Phi) is 2.34. The number of nitrogens with zero attached hydrogens (tertiary/aromatic N) is 1. The van der Waals surface area contributed by atoms with Crippen LogP contribution < -0.4 is 0 Å². The molecule has 0 unspecified atom stereocenters. The molecule has 13 heavy (non-hydrogen) atoms. The van der Waals surface area contributed by atoms with E-state index < -0.39 is 0 Å². The van der Waals surface area contributed by atoms with Gasteiger partial charge in [0.1, 0.15) is 0 Å². The van der Waals surface area contributed by atoms with Crippen LogP contribution in [0.5, 0.6) is 0 Å². The number of likely N-dealkylation sites (tertiary alicyclic amines) is 1. The van der Waals surface area contributed by atoms with Crippen LogP contribution in [0.4, 0.5) is 0 Å². The monoisotopic (exact) mass is 177 g/mol. The average Bonchev–Trinajstić information content (AvgIpc) is 1.89. The molecule has 0 amide bonds. The van der Waals surface area contributed by atoms with Crippen LogP contribution in [0.1, 0.15) is 33.1 Å². The quantitative estimate of drug-likeness (QED) is 0.555. The molecule has 1 heterocycles. The van der Waals surface area contributed by atoms with Crippen LogP contribution in [0.25, 0.3) is 0 Å². The fraction of sp³-hybridized carbons (Fsp3) is 0.833. The predicted octanol–water partition coefficient (Wildman–Crippen LogP) is 2.13. The molecular formula is C12H19N. The fourth-order valence-corrected chi connectivity index (χ4v) is 2.37. The van der Waals surface area contributed by atoms with E-state index in [4.69, 9.17) is 0 Å². The molecule has 0 radical (unpaired) electrons. The third-order valence-electron chi connectivity index (χ3n) is 3.23. The van der Waals surface area contributed by atoms with Crippen molar-refractivity contribution in [2.45, 2.75) is 33.1 Å². The highest BCUT2D eigenvalue weighted by molar-refractivity contribution is 5.08. The minimum absolute atomic E-state index is 0.527. The lowest BCUT2D eigenvalue weighted by molar-refractivity contribution is -0.0516. The van der Waals surface area contributed by atoms with E-state index >= 15 is 0 Å². The Labute approximate surface area is 81.5 Å². The standard InChI is InChI=1S/C12H19N/c1-11(2)5-3-8-13-9-12(10-13)6-4-7-12/h11H,4,6-10H2,1-2H3.